The van der Waals surface area contributed by atoms with Gasteiger partial charge < -0.3 is 5.32 Å². The Kier molecular flexibility index (Phi) is 2.34. The minimum Gasteiger partial charge on any atom is -0.346 e. The Morgan fingerprint density at radius 1 is 1.50 bits per heavy atom. The second-order valence-electron chi connectivity index (χ2n) is 2.76. The highest BCUT2D eigenvalue weighted by Gasteiger charge is 2.22. The van der Waals surface area contributed by atoms with E-state index < -0.39 is 0 Å². The zero-order chi connectivity index (χ0) is 5.82. The van der Waals surface area contributed by atoms with Crippen LogP contribution in [0.2, 0.25) is 0 Å². The molecular weight excluding hydrogens is 98.1 g/mol. The molecule has 0 radical (unpaired) electrons. The molecule has 0 aromatic rings. The Morgan fingerprint density at radius 3 is 2.75 bits per heavy atom. The number of hydrogen-bond acceptors (Lipinski definition) is 0. The van der Waals surface area contributed by atoms with Gasteiger partial charge in [0, 0.05) is 5.92 Å². The van der Waals surface area contributed by atoms with E-state index in [4.69, 9.17) is 0 Å². The minimum atomic E-state index is 1.10. The van der Waals surface area contributed by atoms with E-state index in [-0.39, 0.29) is 0 Å². The van der Waals surface area contributed by atoms with E-state index in [1.165, 1.54) is 32.4 Å². The van der Waals surface area contributed by atoms with Crippen molar-refractivity contribution in [2.45, 2.75) is 26.2 Å². The highest BCUT2D eigenvalue weighted by atomic mass is 14.9. The molecule has 0 heterocycles. The van der Waals surface area contributed by atoms with Gasteiger partial charge in [0.25, 0.3) is 0 Å². The Bertz CT molecular complexity index is 57.4. The molecule has 0 atom stereocenters. The molecule has 0 saturated heterocycles. The summed E-state index contributed by atoms with van der Waals surface area (Å²) < 4.78 is 0. The molecular formula is C7H16N+. The van der Waals surface area contributed by atoms with E-state index in [0.29, 0.717) is 0 Å². The van der Waals surface area contributed by atoms with E-state index in [1.54, 1.807) is 0 Å². The van der Waals surface area contributed by atoms with Crippen LogP contribution in [-0.4, -0.2) is 13.1 Å². The van der Waals surface area contributed by atoms with E-state index >= 15 is 0 Å². The number of nitrogens with two attached hydrogens (primary N) is 1. The maximum absolute atomic E-state index is 2.44. The Hall–Kier alpha value is -0.0400. The highest BCUT2D eigenvalue weighted by molar-refractivity contribution is 4.70. The van der Waals surface area contributed by atoms with Crippen LogP contribution in [0.15, 0.2) is 0 Å². The Balaban J connectivity index is 1.74. The van der Waals surface area contributed by atoms with Crippen molar-refractivity contribution < 1.29 is 5.32 Å². The molecule has 8 heavy (non-hydrogen) atoms. The second-order valence-corrected chi connectivity index (χ2v) is 2.76. The van der Waals surface area contributed by atoms with Gasteiger partial charge in [0.2, 0.25) is 0 Å². The van der Waals surface area contributed by atoms with Crippen molar-refractivity contribution in [1.29, 1.82) is 0 Å². The lowest BCUT2D eigenvalue weighted by Crippen LogP contribution is -2.84. The lowest BCUT2D eigenvalue weighted by Gasteiger charge is -1.94. The van der Waals surface area contributed by atoms with Crippen LogP contribution in [0.3, 0.4) is 0 Å². The predicted octanol–water partition coefficient (Wildman–Crippen LogP) is 0.370. The molecule has 1 nitrogen and oxygen atoms in total. The third-order valence-electron chi connectivity index (χ3n) is 1.69. The zero-order valence-electron chi connectivity index (χ0n) is 5.69. The van der Waals surface area contributed by atoms with Gasteiger partial charge in [-0.15, -0.1) is 0 Å². The average molecular weight is 114 g/mol. The van der Waals surface area contributed by atoms with Crippen molar-refractivity contribution in [3.05, 3.63) is 0 Å². The van der Waals surface area contributed by atoms with Gasteiger partial charge in [-0.2, -0.15) is 0 Å². The molecule has 0 aromatic heterocycles. The van der Waals surface area contributed by atoms with Crippen molar-refractivity contribution >= 4 is 0 Å². The molecule has 48 valence electrons. The highest BCUT2D eigenvalue weighted by Crippen LogP contribution is 2.26. The van der Waals surface area contributed by atoms with Crippen LogP contribution in [0, 0.1) is 5.92 Å². The van der Waals surface area contributed by atoms with Crippen LogP contribution >= 0.6 is 0 Å². The van der Waals surface area contributed by atoms with Crippen molar-refractivity contribution in [2.24, 2.45) is 5.92 Å². The largest absolute Gasteiger partial charge is 0.346 e. The first-order valence-corrected chi connectivity index (χ1v) is 3.75. The molecule has 1 fully saturated rings. The lowest BCUT2D eigenvalue weighted by molar-refractivity contribution is -0.657. The van der Waals surface area contributed by atoms with Gasteiger partial charge in [0.1, 0.15) is 0 Å². The first-order valence-electron chi connectivity index (χ1n) is 3.75. The number of rotatable bonds is 4. The Morgan fingerprint density at radius 2 is 2.25 bits per heavy atom. The smallest absolute Gasteiger partial charge is 0.0783 e. The van der Waals surface area contributed by atoms with Gasteiger partial charge in [-0.1, -0.05) is 6.92 Å². The van der Waals surface area contributed by atoms with Crippen LogP contribution in [-0.2, 0) is 0 Å². The maximum atomic E-state index is 2.44. The summed E-state index contributed by atoms with van der Waals surface area (Å²) >= 11 is 0. The normalized spacial score (nSPS) is 19.1. The van der Waals surface area contributed by atoms with E-state index in [0.717, 1.165) is 5.92 Å². The van der Waals surface area contributed by atoms with Gasteiger partial charge in [-0.3, -0.25) is 0 Å². The molecule has 1 aliphatic carbocycles. The minimum absolute atomic E-state index is 1.10. The summed E-state index contributed by atoms with van der Waals surface area (Å²) in [4.78, 5) is 0. The maximum Gasteiger partial charge on any atom is 0.0783 e. The summed E-state index contributed by atoms with van der Waals surface area (Å²) in [5.41, 5.74) is 0. The van der Waals surface area contributed by atoms with Crippen LogP contribution in [0.1, 0.15) is 26.2 Å². The molecule has 1 rings (SSSR count). The van der Waals surface area contributed by atoms with E-state index in [9.17, 15) is 0 Å². The predicted molar refractivity (Wildman–Crippen MR) is 34.7 cm³/mol. The van der Waals surface area contributed by atoms with Gasteiger partial charge >= 0.3 is 0 Å². The fourth-order valence-corrected chi connectivity index (χ4v) is 0.911. The average Bonchev–Trinajstić information content (AvgIpc) is 2.51. The summed E-state index contributed by atoms with van der Waals surface area (Å²) in [6.07, 6.45) is 4.33. The van der Waals surface area contributed by atoms with Crippen molar-refractivity contribution in [1.82, 2.24) is 0 Å². The standard InChI is InChI=1S/C7H15N/c1-2-5-8-6-7-3-4-7/h7-8H,2-6H2,1H3/p+1. The molecule has 0 aromatic carbocycles. The van der Waals surface area contributed by atoms with Gasteiger partial charge in [0.15, 0.2) is 0 Å². The summed E-state index contributed by atoms with van der Waals surface area (Å²) in [6, 6.07) is 0. The molecule has 0 bridgehead atoms. The van der Waals surface area contributed by atoms with Crippen LogP contribution in [0.4, 0.5) is 0 Å². The lowest BCUT2D eigenvalue weighted by atomic mass is 10.4. The summed E-state index contributed by atoms with van der Waals surface area (Å²) in [7, 11) is 0. The van der Waals surface area contributed by atoms with E-state index in [2.05, 4.69) is 12.2 Å². The molecule has 1 heteroatoms. The van der Waals surface area contributed by atoms with Crippen LogP contribution < -0.4 is 5.32 Å². The first kappa shape index (κ1) is 6.09. The van der Waals surface area contributed by atoms with Crippen molar-refractivity contribution in [3.63, 3.8) is 0 Å². The quantitative estimate of drug-likeness (QED) is 0.508. The zero-order valence-corrected chi connectivity index (χ0v) is 5.69. The topological polar surface area (TPSA) is 16.6 Å². The summed E-state index contributed by atoms with van der Waals surface area (Å²) in [5.74, 6) is 1.10. The molecule has 2 N–H and O–H groups in total. The molecule has 0 unspecified atom stereocenters. The molecule has 1 saturated carbocycles. The first-order chi connectivity index (χ1) is 3.93. The fraction of sp³-hybridized carbons (Fsp3) is 1.00. The van der Waals surface area contributed by atoms with E-state index in [1.807, 2.05) is 0 Å². The van der Waals surface area contributed by atoms with Gasteiger partial charge in [-0.25, -0.2) is 0 Å². The third kappa shape index (κ3) is 2.31. The summed E-state index contributed by atoms with van der Waals surface area (Å²) in [5, 5.41) is 2.44. The summed E-state index contributed by atoms with van der Waals surface area (Å²) in [6.45, 7) is 4.97. The fourth-order valence-electron chi connectivity index (χ4n) is 0.911. The van der Waals surface area contributed by atoms with Crippen molar-refractivity contribution in [2.75, 3.05) is 13.1 Å². The van der Waals surface area contributed by atoms with Gasteiger partial charge in [-0.05, 0) is 19.3 Å². The van der Waals surface area contributed by atoms with Crippen molar-refractivity contribution in [3.8, 4) is 0 Å². The number of quaternary nitrogens is 1. The van der Waals surface area contributed by atoms with Crippen LogP contribution in [0.25, 0.3) is 0 Å². The Labute approximate surface area is 51.5 Å². The molecule has 1 aliphatic rings. The molecule has 0 aliphatic heterocycles. The van der Waals surface area contributed by atoms with Gasteiger partial charge in [0.05, 0.1) is 13.1 Å². The SMILES string of the molecule is CCC[NH2+]CC1CC1. The monoisotopic (exact) mass is 114 g/mol. The molecule has 0 spiro atoms. The molecule has 0 amide bonds. The second kappa shape index (κ2) is 3.08. The third-order valence-corrected chi connectivity index (χ3v) is 1.69. The number of hydrogen-bond donors (Lipinski definition) is 1. The van der Waals surface area contributed by atoms with Crippen LogP contribution in [0.5, 0.6) is 0 Å².